The Bertz CT molecular complexity index is 141. The Balaban J connectivity index is 3.31. The number of hydrogen-bond acceptors (Lipinski definition) is 2. The molecule has 0 aromatic heterocycles. The highest BCUT2D eigenvalue weighted by molar-refractivity contribution is 4.79. The van der Waals surface area contributed by atoms with Gasteiger partial charge in [0.15, 0.2) is 0 Å². The molecule has 0 rings (SSSR count). The average molecular weight is 214 g/mol. The van der Waals surface area contributed by atoms with Crippen molar-refractivity contribution in [1.82, 2.24) is 10.2 Å². The topological polar surface area (TPSA) is 15.3 Å². The fourth-order valence-corrected chi connectivity index (χ4v) is 1.41. The zero-order valence-corrected chi connectivity index (χ0v) is 11.4. The van der Waals surface area contributed by atoms with E-state index in [1.165, 1.54) is 38.6 Å². The van der Waals surface area contributed by atoms with E-state index >= 15 is 0 Å². The summed E-state index contributed by atoms with van der Waals surface area (Å²) in [6.45, 7) is 9.06. The second-order valence-corrected chi connectivity index (χ2v) is 5.30. The lowest BCUT2D eigenvalue weighted by atomic mass is 10.0. The summed E-state index contributed by atoms with van der Waals surface area (Å²) in [4.78, 5) is 2.27. The highest BCUT2D eigenvalue weighted by atomic mass is 15.2. The van der Waals surface area contributed by atoms with E-state index < -0.39 is 0 Å². The first-order valence-electron chi connectivity index (χ1n) is 6.39. The molecule has 0 aromatic rings. The molecule has 0 fully saturated rings. The van der Waals surface area contributed by atoms with Crippen LogP contribution in [0.4, 0.5) is 0 Å². The lowest BCUT2D eigenvalue weighted by Crippen LogP contribution is -2.46. The molecule has 0 bridgehead atoms. The van der Waals surface area contributed by atoms with Crippen LogP contribution in [0.15, 0.2) is 0 Å². The van der Waals surface area contributed by atoms with Gasteiger partial charge in [-0.1, -0.05) is 32.6 Å². The van der Waals surface area contributed by atoms with Crippen LogP contribution in [0.3, 0.4) is 0 Å². The number of nitrogens with one attached hydrogen (secondary N) is 1. The van der Waals surface area contributed by atoms with Gasteiger partial charge in [-0.05, 0) is 40.9 Å². The fourth-order valence-electron chi connectivity index (χ4n) is 1.41. The van der Waals surface area contributed by atoms with E-state index in [0.717, 1.165) is 6.54 Å². The van der Waals surface area contributed by atoms with Crippen LogP contribution in [0.1, 0.15) is 52.9 Å². The zero-order chi connectivity index (χ0) is 11.7. The minimum Gasteiger partial charge on any atom is -0.315 e. The first kappa shape index (κ1) is 14.9. The Morgan fingerprint density at radius 3 is 2.13 bits per heavy atom. The molecule has 92 valence electrons. The van der Waals surface area contributed by atoms with E-state index in [9.17, 15) is 0 Å². The Morgan fingerprint density at radius 1 is 1.00 bits per heavy atom. The first-order valence-corrected chi connectivity index (χ1v) is 6.39. The third kappa shape index (κ3) is 7.80. The minimum absolute atomic E-state index is 0.267. The van der Waals surface area contributed by atoms with Crippen LogP contribution in [0.2, 0.25) is 0 Å². The molecule has 0 heterocycles. The standard InChI is InChI=1S/C13H30N2/c1-6-7-8-9-10-11-14-12-13(2,3)15(4)5/h14H,6-12H2,1-5H3. The lowest BCUT2D eigenvalue weighted by molar-refractivity contribution is 0.190. The van der Waals surface area contributed by atoms with Crippen molar-refractivity contribution in [2.24, 2.45) is 0 Å². The molecule has 0 radical (unpaired) electrons. The molecule has 15 heavy (non-hydrogen) atoms. The predicted molar refractivity (Wildman–Crippen MR) is 69.4 cm³/mol. The predicted octanol–water partition coefficient (Wildman–Crippen LogP) is 2.89. The van der Waals surface area contributed by atoms with Gasteiger partial charge in [-0.25, -0.2) is 0 Å². The number of unbranched alkanes of at least 4 members (excludes halogenated alkanes) is 4. The van der Waals surface area contributed by atoms with Gasteiger partial charge in [-0.15, -0.1) is 0 Å². The normalized spacial score (nSPS) is 12.4. The largest absolute Gasteiger partial charge is 0.315 e. The van der Waals surface area contributed by atoms with Crippen molar-refractivity contribution >= 4 is 0 Å². The molecular formula is C13H30N2. The summed E-state index contributed by atoms with van der Waals surface area (Å²) in [6.07, 6.45) is 6.83. The molecule has 0 aliphatic carbocycles. The summed E-state index contributed by atoms with van der Waals surface area (Å²) >= 11 is 0. The van der Waals surface area contributed by atoms with E-state index in [2.05, 4.69) is 45.1 Å². The molecule has 2 nitrogen and oxygen atoms in total. The molecule has 0 saturated heterocycles. The summed E-state index contributed by atoms with van der Waals surface area (Å²) in [7, 11) is 4.28. The fraction of sp³-hybridized carbons (Fsp3) is 1.00. The van der Waals surface area contributed by atoms with Gasteiger partial charge >= 0.3 is 0 Å². The Morgan fingerprint density at radius 2 is 1.60 bits per heavy atom. The second-order valence-electron chi connectivity index (χ2n) is 5.30. The van der Waals surface area contributed by atoms with E-state index in [1.807, 2.05) is 0 Å². The summed E-state index contributed by atoms with van der Waals surface area (Å²) in [5, 5.41) is 3.54. The third-order valence-electron chi connectivity index (χ3n) is 3.23. The highest BCUT2D eigenvalue weighted by Gasteiger charge is 2.18. The molecule has 0 saturated carbocycles. The van der Waals surface area contributed by atoms with Gasteiger partial charge in [0.2, 0.25) is 0 Å². The van der Waals surface area contributed by atoms with Crippen LogP contribution in [-0.2, 0) is 0 Å². The molecule has 0 amide bonds. The van der Waals surface area contributed by atoms with Crippen LogP contribution >= 0.6 is 0 Å². The number of nitrogens with zero attached hydrogens (tertiary/aromatic N) is 1. The van der Waals surface area contributed by atoms with Crippen molar-refractivity contribution in [2.45, 2.75) is 58.4 Å². The third-order valence-corrected chi connectivity index (χ3v) is 3.23. The van der Waals surface area contributed by atoms with Gasteiger partial charge < -0.3 is 10.2 Å². The molecule has 1 N–H and O–H groups in total. The Labute approximate surface area is 96.4 Å². The van der Waals surface area contributed by atoms with E-state index in [1.54, 1.807) is 0 Å². The second kappa shape index (κ2) is 8.12. The van der Waals surface area contributed by atoms with Crippen LogP contribution in [0.5, 0.6) is 0 Å². The maximum Gasteiger partial charge on any atom is 0.0271 e. The molecule has 0 aliphatic rings. The van der Waals surface area contributed by atoms with Crippen molar-refractivity contribution in [3.05, 3.63) is 0 Å². The zero-order valence-electron chi connectivity index (χ0n) is 11.4. The molecule has 0 aromatic carbocycles. The summed E-state index contributed by atoms with van der Waals surface area (Å²) in [6, 6.07) is 0. The van der Waals surface area contributed by atoms with Crippen LogP contribution in [0.25, 0.3) is 0 Å². The summed E-state index contributed by atoms with van der Waals surface area (Å²) in [5.74, 6) is 0. The van der Waals surface area contributed by atoms with Gasteiger partial charge in [0.25, 0.3) is 0 Å². The SMILES string of the molecule is CCCCCCCNCC(C)(C)N(C)C. The maximum absolute atomic E-state index is 3.54. The van der Waals surface area contributed by atoms with E-state index in [-0.39, 0.29) is 5.54 Å². The minimum atomic E-state index is 0.267. The van der Waals surface area contributed by atoms with Crippen molar-refractivity contribution in [3.63, 3.8) is 0 Å². The van der Waals surface area contributed by atoms with Gasteiger partial charge in [0.1, 0.15) is 0 Å². The van der Waals surface area contributed by atoms with Crippen molar-refractivity contribution in [3.8, 4) is 0 Å². The van der Waals surface area contributed by atoms with E-state index in [0.29, 0.717) is 0 Å². The number of hydrogen-bond donors (Lipinski definition) is 1. The van der Waals surface area contributed by atoms with Gasteiger partial charge in [0.05, 0.1) is 0 Å². The molecule has 0 spiro atoms. The van der Waals surface area contributed by atoms with Crippen molar-refractivity contribution < 1.29 is 0 Å². The lowest BCUT2D eigenvalue weighted by Gasteiger charge is -2.32. The van der Waals surface area contributed by atoms with Gasteiger partial charge in [-0.3, -0.25) is 0 Å². The van der Waals surface area contributed by atoms with Crippen LogP contribution in [-0.4, -0.2) is 37.6 Å². The molecular weight excluding hydrogens is 184 g/mol. The van der Waals surface area contributed by atoms with Crippen molar-refractivity contribution in [2.75, 3.05) is 27.2 Å². The molecule has 0 aliphatic heterocycles. The molecule has 0 atom stereocenters. The van der Waals surface area contributed by atoms with Crippen molar-refractivity contribution in [1.29, 1.82) is 0 Å². The highest BCUT2D eigenvalue weighted by Crippen LogP contribution is 2.08. The summed E-state index contributed by atoms with van der Waals surface area (Å²) < 4.78 is 0. The van der Waals surface area contributed by atoms with Gasteiger partial charge in [-0.2, -0.15) is 0 Å². The number of likely N-dealkylation sites (N-methyl/N-ethyl adjacent to an activating group) is 1. The Kier molecular flexibility index (Phi) is 8.07. The monoisotopic (exact) mass is 214 g/mol. The van der Waals surface area contributed by atoms with Gasteiger partial charge in [0, 0.05) is 12.1 Å². The Hall–Kier alpha value is -0.0800. The average Bonchev–Trinajstić information content (AvgIpc) is 2.16. The first-order chi connectivity index (χ1) is 7.00. The van der Waals surface area contributed by atoms with Crippen LogP contribution < -0.4 is 5.32 Å². The number of rotatable bonds is 9. The summed E-state index contributed by atoms with van der Waals surface area (Å²) in [5.41, 5.74) is 0.267. The van der Waals surface area contributed by atoms with Crippen LogP contribution in [0, 0.1) is 0 Å². The molecule has 2 heteroatoms. The molecule has 0 unspecified atom stereocenters. The maximum atomic E-state index is 3.54. The quantitative estimate of drug-likeness (QED) is 0.594. The smallest absolute Gasteiger partial charge is 0.0271 e. The van der Waals surface area contributed by atoms with E-state index in [4.69, 9.17) is 0 Å².